The van der Waals surface area contributed by atoms with Crippen LogP contribution in [0.5, 0.6) is 0 Å². The number of ether oxygens (including phenoxy) is 1. The average Bonchev–Trinajstić information content (AvgIpc) is 3.06. The maximum Gasteiger partial charge on any atom is 0.254 e. The number of amides is 1. The van der Waals surface area contributed by atoms with Crippen molar-refractivity contribution in [1.29, 1.82) is 0 Å². The predicted octanol–water partition coefficient (Wildman–Crippen LogP) is 3.11. The van der Waals surface area contributed by atoms with Gasteiger partial charge in [-0.05, 0) is 29.2 Å². The molecule has 1 aliphatic rings. The molecule has 128 valence electrons. The number of halogens is 1. The van der Waals surface area contributed by atoms with Crippen LogP contribution < -0.4 is 10.6 Å². The summed E-state index contributed by atoms with van der Waals surface area (Å²) in [7, 11) is 0. The molecule has 0 spiro atoms. The van der Waals surface area contributed by atoms with Crippen LogP contribution in [0.4, 0.5) is 0 Å². The first kappa shape index (κ1) is 18.5. The zero-order valence-corrected chi connectivity index (χ0v) is 14.6. The number of hydrogen-bond donors (Lipinski definition) is 2. The summed E-state index contributed by atoms with van der Waals surface area (Å²) in [4.78, 5) is 12.5. The van der Waals surface area contributed by atoms with Gasteiger partial charge >= 0.3 is 0 Å². The Morgan fingerprint density at radius 2 is 1.92 bits per heavy atom. The van der Waals surface area contributed by atoms with Gasteiger partial charge in [0.05, 0.1) is 0 Å². The Bertz CT molecular complexity index is 676. The number of fused-ring (bicyclic) bond motifs is 1. The maximum absolute atomic E-state index is 12.5. The van der Waals surface area contributed by atoms with Gasteiger partial charge in [-0.1, -0.05) is 48.5 Å². The second-order valence-corrected chi connectivity index (χ2v) is 5.67. The molecule has 1 aliphatic heterocycles. The van der Waals surface area contributed by atoms with Gasteiger partial charge in [0, 0.05) is 26.2 Å². The van der Waals surface area contributed by atoms with E-state index in [1.807, 2.05) is 37.3 Å². The first-order valence-corrected chi connectivity index (χ1v) is 8.03. The zero-order valence-electron chi connectivity index (χ0n) is 13.7. The SMILES string of the molecule is CCOC(C(=O)NCc1ccc2c(c1)CNC2)c1ccccc1.Cl. The quantitative estimate of drug-likeness (QED) is 0.845. The molecule has 1 atom stereocenters. The summed E-state index contributed by atoms with van der Waals surface area (Å²) >= 11 is 0. The van der Waals surface area contributed by atoms with E-state index >= 15 is 0 Å². The highest BCUT2D eigenvalue weighted by Gasteiger charge is 2.20. The van der Waals surface area contributed by atoms with E-state index in [9.17, 15) is 4.79 Å². The highest BCUT2D eigenvalue weighted by molar-refractivity contribution is 5.85. The fraction of sp³-hybridized carbons (Fsp3) is 0.316. The molecule has 1 amide bonds. The topological polar surface area (TPSA) is 50.4 Å². The lowest BCUT2D eigenvalue weighted by atomic mass is 10.1. The first-order chi connectivity index (χ1) is 11.3. The zero-order chi connectivity index (χ0) is 16.1. The van der Waals surface area contributed by atoms with Crippen molar-refractivity contribution < 1.29 is 9.53 Å². The summed E-state index contributed by atoms with van der Waals surface area (Å²) in [5.41, 5.74) is 4.66. The van der Waals surface area contributed by atoms with E-state index in [2.05, 4.69) is 28.8 Å². The van der Waals surface area contributed by atoms with Crippen LogP contribution in [0.1, 0.15) is 35.3 Å². The van der Waals surface area contributed by atoms with Gasteiger partial charge in [0.1, 0.15) is 0 Å². The Morgan fingerprint density at radius 3 is 2.67 bits per heavy atom. The van der Waals surface area contributed by atoms with Crippen molar-refractivity contribution in [3.63, 3.8) is 0 Å². The van der Waals surface area contributed by atoms with Gasteiger partial charge in [0.25, 0.3) is 5.91 Å². The van der Waals surface area contributed by atoms with Crippen molar-refractivity contribution in [2.24, 2.45) is 0 Å². The second-order valence-electron chi connectivity index (χ2n) is 5.67. The molecular weight excluding hydrogens is 324 g/mol. The Morgan fingerprint density at radius 1 is 1.17 bits per heavy atom. The van der Waals surface area contributed by atoms with E-state index in [0.29, 0.717) is 13.2 Å². The molecule has 2 aromatic carbocycles. The van der Waals surface area contributed by atoms with Crippen LogP contribution in [0.15, 0.2) is 48.5 Å². The Kier molecular flexibility index (Phi) is 6.79. The lowest BCUT2D eigenvalue weighted by molar-refractivity contribution is -0.133. The predicted molar refractivity (Wildman–Crippen MR) is 96.9 cm³/mol. The van der Waals surface area contributed by atoms with Gasteiger partial charge in [0.15, 0.2) is 6.10 Å². The summed E-state index contributed by atoms with van der Waals surface area (Å²) in [6.07, 6.45) is -0.558. The number of hydrogen-bond acceptors (Lipinski definition) is 3. The first-order valence-electron chi connectivity index (χ1n) is 8.03. The molecule has 0 saturated heterocycles. The van der Waals surface area contributed by atoms with E-state index in [1.54, 1.807) is 0 Å². The molecule has 0 aliphatic carbocycles. The molecule has 3 rings (SSSR count). The van der Waals surface area contributed by atoms with Crippen LogP contribution in [0.25, 0.3) is 0 Å². The van der Waals surface area contributed by atoms with Gasteiger partial charge < -0.3 is 15.4 Å². The van der Waals surface area contributed by atoms with Crippen molar-refractivity contribution in [3.8, 4) is 0 Å². The Hall–Kier alpha value is -1.88. The highest BCUT2D eigenvalue weighted by atomic mass is 35.5. The van der Waals surface area contributed by atoms with Crippen molar-refractivity contribution in [2.75, 3.05) is 6.61 Å². The molecule has 5 heteroatoms. The summed E-state index contributed by atoms with van der Waals surface area (Å²) in [5.74, 6) is -0.100. The fourth-order valence-corrected chi connectivity index (χ4v) is 2.86. The van der Waals surface area contributed by atoms with E-state index in [-0.39, 0.29) is 18.3 Å². The van der Waals surface area contributed by atoms with Crippen molar-refractivity contribution in [2.45, 2.75) is 32.7 Å². The van der Waals surface area contributed by atoms with E-state index < -0.39 is 6.10 Å². The van der Waals surface area contributed by atoms with Crippen molar-refractivity contribution >= 4 is 18.3 Å². The number of nitrogens with one attached hydrogen (secondary N) is 2. The number of carbonyl (C=O) groups excluding carboxylic acids is 1. The molecule has 0 saturated carbocycles. The summed E-state index contributed by atoms with van der Waals surface area (Å²) < 4.78 is 5.63. The molecule has 1 unspecified atom stereocenters. The van der Waals surface area contributed by atoms with Gasteiger partial charge in [-0.3, -0.25) is 4.79 Å². The monoisotopic (exact) mass is 346 g/mol. The molecule has 1 heterocycles. The van der Waals surface area contributed by atoms with Crippen LogP contribution in [0, 0.1) is 0 Å². The van der Waals surface area contributed by atoms with Crippen LogP contribution in [0.2, 0.25) is 0 Å². The van der Waals surface area contributed by atoms with E-state index in [1.165, 1.54) is 11.1 Å². The average molecular weight is 347 g/mol. The minimum Gasteiger partial charge on any atom is -0.364 e. The second kappa shape index (κ2) is 8.83. The largest absolute Gasteiger partial charge is 0.364 e. The van der Waals surface area contributed by atoms with Crippen molar-refractivity contribution in [3.05, 3.63) is 70.8 Å². The van der Waals surface area contributed by atoms with Gasteiger partial charge in [-0.2, -0.15) is 0 Å². The smallest absolute Gasteiger partial charge is 0.254 e. The molecule has 0 bridgehead atoms. The van der Waals surface area contributed by atoms with E-state index in [0.717, 1.165) is 24.2 Å². The van der Waals surface area contributed by atoms with Crippen LogP contribution in [0.3, 0.4) is 0 Å². The van der Waals surface area contributed by atoms with E-state index in [4.69, 9.17) is 4.74 Å². The standard InChI is InChI=1S/C19H22N2O2.ClH/c1-2-23-18(15-6-4-3-5-7-15)19(22)21-11-14-8-9-16-12-20-13-17(16)10-14;/h3-10,18,20H,2,11-13H2,1H3,(H,21,22);1H. The third kappa shape index (κ3) is 4.35. The number of carbonyl (C=O) groups is 1. The Labute approximate surface area is 149 Å². The number of rotatable bonds is 6. The molecule has 4 nitrogen and oxygen atoms in total. The maximum atomic E-state index is 12.5. The lowest BCUT2D eigenvalue weighted by Gasteiger charge is -2.17. The molecule has 0 aromatic heterocycles. The van der Waals surface area contributed by atoms with Crippen LogP contribution in [-0.2, 0) is 29.2 Å². The van der Waals surface area contributed by atoms with Crippen molar-refractivity contribution in [1.82, 2.24) is 10.6 Å². The Balaban J connectivity index is 0.00000208. The molecule has 0 radical (unpaired) electrons. The third-order valence-electron chi connectivity index (χ3n) is 4.04. The molecular formula is C19H23ClN2O2. The number of benzene rings is 2. The lowest BCUT2D eigenvalue weighted by Crippen LogP contribution is -2.30. The molecule has 2 N–H and O–H groups in total. The normalized spacial score (nSPS) is 13.7. The third-order valence-corrected chi connectivity index (χ3v) is 4.04. The van der Waals surface area contributed by atoms with Gasteiger partial charge in [-0.15, -0.1) is 12.4 Å². The fourth-order valence-electron chi connectivity index (χ4n) is 2.86. The van der Waals surface area contributed by atoms with Crippen LogP contribution >= 0.6 is 12.4 Å². The van der Waals surface area contributed by atoms with Crippen LogP contribution in [-0.4, -0.2) is 12.5 Å². The summed E-state index contributed by atoms with van der Waals surface area (Å²) in [5, 5.41) is 6.32. The highest BCUT2D eigenvalue weighted by Crippen LogP contribution is 2.19. The summed E-state index contributed by atoms with van der Waals surface area (Å²) in [6, 6.07) is 16.0. The molecule has 0 fully saturated rings. The van der Waals surface area contributed by atoms with Gasteiger partial charge in [0.2, 0.25) is 0 Å². The minimum absolute atomic E-state index is 0. The minimum atomic E-state index is -0.558. The molecule has 2 aromatic rings. The van der Waals surface area contributed by atoms with Gasteiger partial charge in [-0.25, -0.2) is 0 Å². The molecule has 24 heavy (non-hydrogen) atoms. The summed E-state index contributed by atoms with van der Waals surface area (Å²) in [6.45, 7) is 4.75.